The van der Waals surface area contributed by atoms with Crippen LogP contribution >= 0.6 is 0 Å². The van der Waals surface area contributed by atoms with Gasteiger partial charge in [-0.1, -0.05) is 36.4 Å². The van der Waals surface area contributed by atoms with Gasteiger partial charge in [-0.05, 0) is 42.3 Å². The van der Waals surface area contributed by atoms with Crippen LogP contribution in [0.1, 0.15) is 11.1 Å². The fourth-order valence-corrected chi connectivity index (χ4v) is 1.64. The molecule has 0 bridgehead atoms. The van der Waals surface area contributed by atoms with Gasteiger partial charge in [0.05, 0.1) is 0 Å². The van der Waals surface area contributed by atoms with Crippen LogP contribution in [0.2, 0.25) is 0 Å². The second-order valence-corrected chi connectivity index (χ2v) is 4.22. The Morgan fingerprint density at radius 1 is 1.05 bits per heavy atom. The summed E-state index contributed by atoms with van der Waals surface area (Å²) in [5.74, 6) is 0.874. The summed E-state index contributed by atoms with van der Waals surface area (Å²) >= 11 is 0. The number of ether oxygens (including phenoxy) is 1. The molecule has 0 saturated carbocycles. The number of aryl methyl sites for hydroxylation is 1. The second-order valence-electron chi connectivity index (χ2n) is 4.22. The van der Waals surface area contributed by atoms with Gasteiger partial charge >= 0.3 is 0 Å². The van der Waals surface area contributed by atoms with Crippen molar-refractivity contribution in [3.05, 3.63) is 65.7 Å². The molecule has 0 saturated heterocycles. The number of hydrogen-bond donors (Lipinski definition) is 2. The van der Waals surface area contributed by atoms with Gasteiger partial charge in [-0.25, -0.2) is 0 Å². The highest BCUT2D eigenvalue weighted by molar-refractivity contribution is 5.50. The lowest BCUT2D eigenvalue weighted by Gasteiger charge is -2.11. The number of aromatic hydroxyl groups is 1. The molecule has 0 aromatic heterocycles. The number of aliphatic hydroxyl groups excluding tert-OH is 1. The van der Waals surface area contributed by atoms with Gasteiger partial charge in [0, 0.05) is 0 Å². The Hall–Kier alpha value is -2.26. The largest absolute Gasteiger partial charge is 0.508 e. The summed E-state index contributed by atoms with van der Waals surface area (Å²) in [4.78, 5) is 0. The summed E-state index contributed by atoms with van der Waals surface area (Å²) in [6.45, 7) is 1.92. The van der Waals surface area contributed by atoms with E-state index in [9.17, 15) is 5.11 Å². The molecule has 2 aromatic carbocycles. The van der Waals surface area contributed by atoms with Crippen LogP contribution in [0.15, 0.2) is 54.6 Å². The van der Waals surface area contributed by atoms with Crippen molar-refractivity contribution in [2.45, 2.75) is 13.2 Å². The quantitative estimate of drug-likeness (QED) is 0.826. The maximum absolute atomic E-state index is 9.78. The molecular formula is C16H16O3. The fraction of sp³-hybridized carbons (Fsp3) is 0.125. The summed E-state index contributed by atoms with van der Waals surface area (Å²) in [7, 11) is 0. The summed E-state index contributed by atoms with van der Waals surface area (Å²) < 4.78 is 5.41. The smallest absolute Gasteiger partial charge is 0.217 e. The Balaban J connectivity index is 1.99. The average molecular weight is 256 g/mol. The molecule has 0 radical (unpaired) electrons. The molecule has 0 heterocycles. The standard InChI is InChI=1S/C16H16O3/c1-12-4-2-3-5-15(12)19-16(18)11-8-13-6-9-14(17)10-7-13/h2-11,16-18H,1H3/b11-8+/t16-/m1/s1. The monoisotopic (exact) mass is 256 g/mol. The van der Waals surface area contributed by atoms with E-state index in [0.717, 1.165) is 11.1 Å². The van der Waals surface area contributed by atoms with Gasteiger partial charge < -0.3 is 14.9 Å². The van der Waals surface area contributed by atoms with E-state index in [4.69, 9.17) is 9.84 Å². The third-order valence-corrected chi connectivity index (χ3v) is 2.69. The SMILES string of the molecule is Cc1ccccc1O[C@@H](O)/C=C/c1ccc(O)cc1. The van der Waals surface area contributed by atoms with Gasteiger partial charge in [0.1, 0.15) is 11.5 Å². The number of rotatable bonds is 4. The van der Waals surface area contributed by atoms with E-state index in [-0.39, 0.29) is 5.75 Å². The van der Waals surface area contributed by atoms with E-state index in [1.54, 1.807) is 36.4 Å². The molecule has 0 unspecified atom stereocenters. The molecule has 2 aromatic rings. The van der Waals surface area contributed by atoms with Crippen LogP contribution < -0.4 is 4.74 Å². The van der Waals surface area contributed by atoms with Gasteiger partial charge in [-0.2, -0.15) is 0 Å². The molecule has 1 atom stereocenters. The first-order valence-electron chi connectivity index (χ1n) is 6.03. The van der Waals surface area contributed by atoms with E-state index in [1.165, 1.54) is 0 Å². The molecule has 0 aliphatic heterocycles. The highest BCUT2D eigenvalue weighted by Crippen LogP contribution is 2.18. The van der Waals surface area contributed by atoms with Gasteiger partial charge in [-0.3, -0.25) is 0 Å². The number of phenolic OH excluding ortho intramolecular Hbond substituents is 1. The van der Waals surface area contributed by atoms with Crippen LogP contribution in [-0.4, -0.2) is 16.5 Å². The predicted molar refractivity (Wildman–Crippen MR) is 75.0 cm³/mol. The minimum atomic E-state index is -1.00. The first kappa shape index (κ1) is 13.2. The Morgan fingerprint density at radius 2 is 1.74 bits per heavy atom. The summed E-state index contributed by atoms with van der Waals surface area (Å²) in [6, 6.07) is 14.2. The van der Waals surface area contributed by atoms with Crippen molar-refractivity contribution < 1.29 is 14.9 Å². The summed E-state index contributed by atoms with van der Waals surface area (Å²) in [5, 5.41) is 18.9. The van der Waals surface area contributed by atoms with E-state index in [1.807, 2.05) is 31.2 Å². The van der Waals surface area contributed by atoms with Crippen LogP contribution in [0.3, 0.4) is 0 Å². The van der Waals surface area contributed by atoms with Crippen molar-refractivity contribution in [2.24, 2.45) is 0 Å². The Morgan fingerprint density at radius 3 is 2.42 bits per heavy atom. The molecule has 0 amide bonds. The maximum atomic E-state index is 9.78. The highest BCUT2D eigenvalue weighted by Gasteiger charge is 2.03. The lowest BCUT2D eigenvalue weighted by atomic mass is 10.2. The first-order valence-corrected chi connectivity index (χ1v) is 6.03. The Labute approximate surface area is 112 Å². The van der Waals surface area contributed by atoms with Crippen molar-refractivity contribution in [1.29, 1.82) is 0 Å². The average Bonchev–Trinajstić information content (AvgIpc) is 2.41. The molecular weight excluding hydrogens is 240 g/mol. The van der Waals surface area contributed by atoms with Crippen LogP contribution in [0.25, 0.3) is 6.08 Å². The topological polar surface area (TPSA) is 49.7 Å². The lowest BCUT2D eigenvalue weighted by Crippen LogP contribution is -2.12. The van der Waals surface area contributed by atoms with Gasteiger partial charge in [0.25, 0.3) is 0 Å². The molecule has 0 spiro atoms. The van der Waals surface area contributed by atoms with Gasteiger partial charge in [-0.15, -0.1) is 0 Å². The van der Waals surface area contributed by atoms with Crippen LogP contribution in [0, 0.1) is 6.92 Å². The number of para-hydroxylation sites is 1. The predicted octanol–water partition coefficient (Wildman–Crippen LogP) is 3.11. The molecule has 0 aliphatic rings. The number of hydrogen-bond acceptors (Lipinski definition) is 3. The van der Waals surface area contributed by atoms with Gasteiger partial charge in [0.2, 0.25) is 6.29 Å². The highest BCUT2D eigenvalue weighted by atomic mass is 16.6. The van der Waals surface area contributed by atoms with E-state index < -0.39 is 6.29 Å². The van der Waals surface area contributed by atoms with Crippen molar-refractivity contribution in [2.75, 3.05) is 0 Å². The molecule has 3 heteroatoms. The zero-order chi connectivity index (χ0) is 13.7. The van der Waals surface area contributed by atoms with Crippen molar-refractivity contribution in [3.63, 3.8) is 0 Å². The molecule has 98 valence electrons. The van der Waals surface area contributed by atoms with Crippen LogP contribution in [0.5, 0.6) is 11.5 Å². The van der Waals surface area contributed by atoms with Crippen LogP contribution in [-0.2, 0) is 0 Å². The molecule has 19 heavy (non-hydrogen) atoms. The number of aliphatic hydroxyl groups is 1. The molecule has 2 N–H and O–H groups in total. The van der Waals surface area contributed by atoms with Gasteiger partial charge in [0.15, 0.2) is 0 Å². The third kappa shape index (κ3) is 3.86. The number of benzene rings is 2. The molecule has 3 nitrogen and oxygen atoms in total. The third-order valence-electron chi connectivity index (χ3n) is 2.69. The first-order chi connectivity index (χ1) is 9.15. The van der Waals surface area contributed by atoms with Crippen LogP contribution in [0.4, 0.5) is 0 Å². The van der Waals surface area contributed by atoms with Crippen molar-refractivity contribution in [1.82, 2.24) is 0 Å². The maximum Gasteiger partial charge on any atom is 0.217 e. The normalized spacial score (nSPS) is 12.5. The molecule has 2 rings (SSSR count). The Bertz CT molecular complexity index is 558. The molecule has 0 aliphatic carbocycles. The zero-order valence-corrected chi connectivity index (χ0v) is 10.7. The van der Waals surface area contributed by atoms with Crippen molar-refractivity contribution in [3.8, 4) is 11.5 Å². The number of phenols is 1. The summed E-state index contributed by atoms with van der Waals surface area (Å²) in [6.07, 6.45) is 2.29. The minimum Gasteiger partial charge on any atom is -0.508 e. The van der Waals surface area contributed by atoms with E-state index in [0.29, 0.717) is 5.75 Å². The minimum absolute atomic E-state index is 0.217. The lowest BCUT2D eigenvalue weighted by molar-refractivity contribution is 0.0249. The summed E-state index contributed by atoms with van der Waals surface area (Å²) in [5.41, 5.74) is 1.85. The second kappa shape index (κ2) is 6.07. The Kier molecular flexibility index (Phi) is 4.21. The zero-order valence-electron chi connectivity index (χ0n) is 10.7. The molecule has 0 fully saturated rings. The van der Waals surface area contributed by atoms with Crippen molar-refractivity contribution >= 4 is 6.08 Å². The van der Waals surface area contributed by atoms with E-state index >= 15 is 0 Å². The fourth-order valence-electron chi connectivity index (χ4n) is 1.64. The van der Waals surface area contributed by atoms with E-state index in [2.05, 4.69) is 0 Å².